The Morgan fingerprint density at radius 3 is 2.90 bits per heavy atom. The summed E-state index contributed by atoms with van der Waals surface area (Å²) in [7, 11) is 0. The van der Waals surface area contributed by atoms with E-state index in [4.69, 9.17) is 0 Å². The molecule has 0 N–H and O–H groups in total. The van der Waals surface area contributed by atoms with Crippen LogP contribution in [0.4, 0.5) is 0 Å². The molecule has 1 rings (SSSR count). The smallest absolute Gasteiger partial charge is 0.0523 e. The van der Waals surface area contributed by atoms with Gasteiger partial charge in [0.05, 0.1) is 5.97 Å². The zero-order valence-electron chi connectivity index (χ0n) is 5.83. The van der Waals surface area contributed by atoms with Crippen LogP contribution >= 0.6 is 0 Å². The summed E-state index contributed by atoms with van der Waals surface area (Å²) in [6.07, 6.45) is 6.26. The number of carbonyl (C=O) groups is 1. The van der Waals surface area contributed by atoms with E-state index in [1.54, 1.807) is 6.08 Å². The molecule has 54 valence electrons. The lowest BCUT2D eigenvalue weighted by atomic mass is 9.95. The standard InChI is InChI=1S/C8H10O2/c1-6-4-2-3-5-7(6)8(9)10/h3-5,7H,2H2,1H3,(H,9,10)/p-1/t7-/m0/s1. The maximum Gasteiger partial charge on any atom is 0.0523 e. The normalized spacial score (nSPS) is 24.1. The minimum absolute atomic E-state index is 0.492. The zero-order valence-corrected chi connectivity index (χ0v) is 5.83. The Morgan fingerprint density at radius 2 is 2.50 bits per heavy atom. The molecule has 1 aliphatic rings. The molecule has 2 nitrogen and oxygen atoms in total. The number of hydrogen-bond acceptors (Lipinski definition) is 2. The van der Waals surface area contributed by atoms with Gasteiger partial charge in [-0.2, -0.15) is 0 Å². The average molecular weight is 137 g/mol. The van der Waals surface area contributed by atoms with Crippen LogP contribution in [-0.4, -0.2) is 5.97 Å². The average Bonchev–Trinajstić information content (AvgIpc) is 1.88. The van der Waals surface area contributed by atoms with Gasteiger partial charge in [-0.1, -0.05) is 23.8 Å². The first-order valence-corrected chi connectivity index (χ1v) is 3.26. The maximum absolute atomic E-state index is 10.4. The van der Waals surface area contributed by atoms with Crippen LogP contribution in [0.15, 0.2) is 23.8 Å². The Labute approximate surface area is 59.9 Å². The van der Waals surface area contributed by atoms with Gasteiger partial charge in [0.25, 0.3) is 0 Å². The minimum Gasteiger partial charge on any atom is -0.549 e. The Morgan fingerprint density at radius 1 is 1.80 bits per heavy atom. The number of rotatable bonds is 1. The summed E-state index contributed by atoms with van der Waals surface area (Å²) in [5.74, 6) is -1.50. The molecule has 0 amide bonds. The molecule has 0 aromatic heterocycles. The van der Waals surface area contributed by atoms with E-state index < -0.39 is 11.9 Å². The molecule has 0 unspecified atom stereocenters. The number of allylic oxidation sites excluding steroid dienone is 2. The number of carbonyl (C=O) groups excluding carboxylic acids is 1. The van der Waals surface area contributed by atoms with Crippen molar-refractivity contribution in [3.8, 4) is 0 Å². The highest BCUT2D eigenvalue weighted by Gasteiger charge is 2.09. The molecular weight excluding hydrogens is 128 g/mol. The molecule has 0 heterocycles. The molecule has 2 heteroatoms. The van der Waals surface area contributed by atoms with Crippen molar-refractivity contribution >= 4 is 5.97 Å². The van der Waals surface area contributed by atoms with Gasteiger partial charge in [0.1, 0.15) is 0 Å². The molecule has 0 bridgehead atoms. The fraction of sp³-hybridized carbons (Fsp3) is 0.375. The highest BCUT2D eigenvalue weighted by Crippen LogP contribution is 2.16. The van der Waals surface area contributed by atoms with Crippen molar-refractivity contribution in [2.45, 2.75) is 13.3 Å². The Kier molecular flexibility index (Phi) is 1.90. The molecule has 0 saturated carbocycles. The first kappa shape index (κ1) is 7.06. The predicted octanol–water partition coefficient (Wildman–Crippen LogP) is 0.259. The van der Waals surface area contributed by atoms with Gasteiger partial charge >= 0.3 is 0 Å². The van der Waals surface area contributed by atoms with Crippen molar-refractivity contribution in [1.82, 2.24) is 0 Å². The number of hydrogen-bond donors (Lipinski definition) is 0. The first-order valence-electron chi connectivity index (χ1n) is 3.26. The summed E-state index contributed by atoms with van der Waals surface area (Å²) >= 11 is 0. The van der Waals surface area contributed by atoms with Gasteiger partial charge in [0, 0.05) is 5.92 Å². The van der Waals surface area contributed by atoms with E-state index >= 15 is 0 Å². The van der Waals surface area contributed by atoms with Crippen LogP contribution < -0.4 is 5.11 Å². The molecule has 0 aromatic carbocycles. The highest BCUT2D eigenvalue weighted by molar-refractivity contribution is 5.74. The number of aliphatic carboxylic acids is 1. The molecular formula is C8H9O2-. The molecule has 0 fully saturated rings. The van der Waals surface area contributed by atoms with Crippen molar-refractivity contribution in [2.75, 3.05) is 0 Å². The third-order valence-electron chi connectivity index (χ3n) is 1.65. The monoisotopic (exact) mass is 137 g/mol. The summed E-state index contributed by atoms with van der Waals surface area (Å²) in [5.41, 5.74) is 0.877. The Balaban J connectivity index is 2.75. The summed E-state index contributed by atoms with van der Waals surface area (Å²) in [6, 6.07) is 0. The van der Waals surface area contributed by atoms with Crippen LogP contribution in [0.3, 0.4) is 0 Å². The van der Waals surface area contributed by atoms with Crippen molar-refractivity contribution in [3.05, 3.63) is 23.8 Å². The quantitative estimate of drug-likeness (QED) is 0.486. The first-order chi connectivity index (χ1) is 4.72. The van der Waals surface area contributed by atoms with E-state index in [2.05, 4.69) is 0 Å². The van der Waals surface area contributed by atoms with Crippen LogP contribution in [0.5, 0.6) is 0 Å². The molecule has 0 aromatic rings. The molecule has 1 atom stereocenters. The van der Waals surface area contributed by atoms with Gasteiger partial charge < -0.3 is 9.90 Å². The highest BCUT2D eigenvalue weighted by atomic mass is 16.4. The van der Waals surface area contributed by atoms with Gasteiger partial charge in [-0.15, -0.1) is 0 Å². The van der Waals surface area contributed by atoms with Gasteiger partial charge in [-0.3, -0.25) is 0 Å². The van der Waals surface area contributed by atoms with Gasteiger partial charge in [0.2, 0.25) is 0 Å². The SMILES string of the molecule is CC1=CCC=C[C@@H]1C(=O)[O-]. The van der Waals surface area contributed by atoms with E-state index in [9.17, 15) is 9.90 Å². The van der Waals surface area contributed by atoms with Crippen LogP contribution in [0, 0.1) is 5.92 Å². The maximum atomic E-state index is 10.4. The van der Waals surface area contributed by atoms with Crippen molar-refractivity contribution in [2.24, 2.45) is 5.92 Å². The summed E-state index contributed by atoms with van der Waals surface area (Å²) in [5, 5.41) is 10.4. The second-order valence-electron chi connectivity index (χ2n) is 2.41. The summed E-state index contributed by atoms with van der Waals surface area (Å²) in [4.78, 5) is 10.4. The summed E-state index contributed by atoms with van der Waals surface area (Å²) < 4.78 is 0. The third kappa shape index (κ3) is 1.26. The number of carboxylic acid groups (broad SMARTS) is 1. The van der Waals surface area contributed by atoms with Crippen molar-refractivity contribution < 1.29 is 9.90 Å². The lowest BCUT2D eigenvalue weighted by Gasteiger charge is -2.17. The topological polar surface area (TPSA) is 40.1 Å². The van der Waals surface area contributed by atoms with Crippen LogP contribution in [0.25, 0.3) is 0 Å². The van der Waals surface area contributed by atoms with E-state index in [0.29, 0.717) is 0 Å². The molecule has 0 saturated heterocycles. The predicted molar refractivity (Wildman–Crippen MR) is 36.0 cm³/mol. The van der Waals surface area contributed by atoms with Crippen LogP contribution in [0.1, 0.15) is 13.3 Å². The second-order valence-corrected chi connectivity index (χ2v) is 2.41. The Bertz CT molecular complexity index is 201. The molecule has 0 spiro atoms. The van der Waals surface area contributed by atoms with Crippen molar-refractivity contribution in [1.29, 1.82) is 0 Å². The van der Waals surface area contributed by atoms with Crippen LogP contribution in [0.2, 0.25) is 0 Å². The number of carboxylic acids is 1. The fourth-order valence-electron chi connectivity index (χ4n) is 1.01. The molecule has 0 radical (unpaired) electrons. The van der Waals surface area contributed by atoms with Gasteiger partial charge in [-0.05, 0) is 13.3 Å². The molecule has 1 aliphatic carbocycles. The Hall–Kier alpha value is -1.05. The van der Waals surface area contributed by atoms with Crippen molar-refractivity contribution in [3.63, 3.8) is 0 Å². The molecule has 10 heavy (non-hydrogen) atoms. The molecule has 0 aliphatic heterocycles. The van der Waals surface area contributed by atoms with E-state index in [1.807, 2.05) is 19.1 Å². The van der Waals surface area contributed by atoms with E-state index in [0.717, 1.165) is 12.0 Å². The van der Waals surface area contributed by atoms with Gasteiger partial charge in [-0.25, -0.2) is 0 Å². The second kappa shape index (κ2) is 2.69. The van der Waals surface area contributed by atoms with E-state index in [-0.39, 0.29) is 0 Å². The largest absolute Gasteiger partial charge is 0.549 e. The zero-order chi connectivity index (χ0) is 7.56. The van der Waals surface area contributed by atoms with E-state index in [1.165, 1.54) is 0 Å². The summed E-state index contributed by atoms with van der Waals surface area (Å²) in [6.45, 7) is 1.81. The van der Waals surface area contributed by atoms with Crippen LogP contribution in [-0.2, 0) is 4.79 Å². The minimum atomic E-state index is -1.01. The fourth-order valence-corrected chi connectivity index (χ4v) is 1.01. The lowest BCUT2D eigenvalue weighted by molar-refractivity contribution is -0.308. The lowest BCUT2D eigenvalue weighted by Crippen LogP contribution is -2.31. The third-order valence-corrected chi connectivity index (χ3v) is 1.65. The van der Waals surface area contributed by atoms with Gasteiger partial charge in [0.15, 0.2) is 0 Å².